The summed E-state index contributed by atoms with van der Waals surface area (Å²) in [6, 6.07) is 5.76. The highest BCUT2D eigenvalue weighted by Gasteiger charge is 2.27. The molecule has 0 spiro atoms. The largest absolute Gasteiger partial charge is 0.369 e. The molecule has 0 saturated carbocycles. The van der Waals surface area contributed by atoms with Gasteiger partial charge in [-0.25, -0.2) is 8.42 Å². The minimum absolute atomic E-state index is 0.0166. The third-order valence-electron chi connectivity index (χ3n) is 2.78. The predicted octanol–water partition coefficient (Wildman–Crippen LogP) is 1.02. The Morgan fingerprint density at radius 1 is 1.29 bits per heavy atom. The van der Waals surface area contributed by atoms with Gasteiger partial charge in [-0.3, -0.25) is 9.59 Å². The minimum atomic E-state index is -3.87. The molecule has 1 aromatic rings. The summed E-state index contributed by atoms with van der Waals surface area (Å²) in [7, 11) is -3.87. The monoisotopic (exact) mass is 312 g/mol. The summed E-state index contributed by atoms with van der Waals surface area (Å²) >= 11 is 0. The van der Waals surface area contributed by atoms with Crippen LogP contribution in [0, 0.1) is 5.92 Å². The highest BCUT2D eigenvalue weighted by atomic mass is 32.2. The van der Waals surface area contributed by atoms with Gasteiger partial charge in [0.25, 0.3) is 0 Å². The van der Waals surface area contributed by atoms with Gasteiger partial charge in [0.05, 0.1) is 11.4 Å². The Kier molecular flexibility index (Phi) is 5.62. The number of Topliss-reactive ketones (excluding diaryl/α,β-unsaturated/α-hetero) is 1. The zero-order chi connectivity index (χ0) is 16.2. The lowest BCUT2D eigenvalue weighted by Crippen LogP contribution is -2.40. The first-order valence-electron chi connectivity index (χ1n) is 6.54. The van der Waals surface area contributed by atoms with Crippen molar-refractivity contribution < 1.29 is 18.0 Å². The topological polar surface area (TPSA) is 97.5 Å². The Balaban J connectivity index is 3.24. The first kappa shape index (κ1) is 17.3. The molecule has 0 heterocycles. The van der Waals surface area contributed by atoms with Gasteiger partial charge in [0.1, 0.15) is 0 Å². The highest BCUT2D eigenvalue weighted by molar-refractivity contribution is 7.89. The van der Waals surface area contributed by atoms with E-state index in [1.807, 2.05) is 13.8 Å². The van der Waals surface area contributed by atoms with Crippen molar-refractivity contribution in [1.29, 1.82) is 0 Å². The summed E-state index contributed by atoms with van der Waals surface area (Å²) in [6.45, 7) is 4.84. The predicted molar refractivity (Wildman–Crippen MR) is 79.2 cm³/mol. The number of ketones is 1. The van der Waals surface area contributed by atoms with Crippen molar-refractivity contribution in [2.45, 2.75) is 25.7 Å². The Hall–Kier alpha value is -1.73. The number of carbonyl (C=O) groups is 2. The number of hydrogen-bond acceptors (Lipinski definition) is 4. The summed E-state index contributed by atoms with van der Waals surface area (Å²) in [4.78, 5) is 22.5. The van der Waals surface area contributed by atoms with Crippen LogP contribution in [0.25, 0.3) is 0 Å². The molecule has 2 N–H and O–H groups in total. The molecular weight excluding hydrogens is 292 g/mol. The van der Waals surface area contributed by atoms with Crippen LogP contribution in [0.5, 0.6) is 0 Å². The zero-order valence-electron chi connectivity index (χ0n) is 12.4. The van der Waals surface area contributed by atoms with Crippen molar-refractivity contribution >= 4 is 21.7 Å². The van der Waals surface area contributed by atoms with Crippen molar-refractivity contribution in [2.75, 3.05) is 13.1 Å². The number of carbonyl (C=O) groups excluding carboxylic acids is 2. The number of nitrogens with zero attached hydrogens (tertiary/aromatic N) is 1. The molecule has 0 fully saturated rings. The van der Waals surface area contributed by atoms with Crippen LogP contribution in [-0.4, -0.2) is 37.5 Å². The molecule has 0 aliphatic carbocycles. The van der Waals surface area contributed by atoms with Gasteiger partial charge in [0, 0.05) is 12.1 Å². The Bertz CT molecular complexity index is 638. The Labute approximate surface area is 125 Å². The second-order valence-electron chi connectivity index (χ2n) is 5.24. The summed E-state index contributed by atoms with van der Waals surface area (Å²) in [5.74, 6) is -0.908. The highest BCUT2D eigenvalue weighted by Crippen LogP contribution is 2.18. The second kappa shape index (κ2) is 6.82. The standard InChI is InChI=1S/C14H20N2O4S/c1-10(2)8-16(9-14(15)18)21(19,20)13-6-4-5-12(7-13)11(3)17/h4-7,10H,8-9H2,1-3H3,(H2,15,18). The van der Waals surface area contributed by atoms with E-state index in [1.54, 1.807) is 6.07 Å². The number of benzene rings is 1. The Morgan fingerprint density at radius 2 is 1.90 bits per heavy atom. The third kappa shape index (κ3) is 4.64. The van der Waals surface area contributed by atoms with Crippen molar-refractivity contribution in [2.24, 2.45) is 11.7 Å². The van der Waals surface area contributed by atoms with Crippen LogP contribution in [0.15, 0.2) is 29.2 Å². The molecule has 0 bridgehead atoms. The summed E-state index contributed by atoms with van der Waals surface area (Å²) in [6.07, 6.45) is 0. The van der Waals surface area contributed by atoms with Crippen molar-refractivity contribution in [3.8, 4) is 0 Å². The molecule has 0 aromatic heterocycles. The van der Waals surface area contributed by atoms with E-state index in [4.69, 9.17) is 5.73 Å². The first-order valence-corrected chi connectivity index (χ1v) is 7.98. The van der Waals surface area contributed by atoms with Crippen molar-refractivity contribution in [3.05, 3.63) is 29.8 Å². The molecule has 0 saturated heterocycles. The van der Waals surface area contributed by atoms with E-state index in [9.17, 15) is 18.0 Å². The maximum atomic E-state index is 12.6. The van der Waals surface area contributed by atoms with E-state index in [0.29, 0.717) is 5.56 Å². The van der Waals surface area contributed by atoms with Gasteiger partial charge >= 0.3 is 0 Å². The molecule has 1 amide bonds. The van der Waals surface area contributed by atoms with Crippen LogP contribution >= 0.6 is 0 Å². The van der Waals surface area contributed by atoms with E-state index < -0.39 is 15.9 Å². The SMILES string of the molecule is CC(=O)c1cccc(S(=O)(=O)N(CC(N)=O)CC(C)C)c1. The smallest absolute Gasteiger partial charge is 0.243 e. The second-order valence-corrected chi connectivity index (χ2v) is 7.18. The lowest BCUT2D eigenvalue weighted by Gasteiger charge is -2.22. The van der Waals surface area contributed by atoms with E-state index >= 15 is 0 Å². The molecule has 6 nitrogen and oxygen atoms in total. The van der Waals surface area contributed by atoms with Gasteiger partial charge in [-0.05, 0) is 25.0 Å². The molecule has 21 heavy (non-hydrogen) atoms. The maximum Gasteiger partial charge on any atom is 0.243 e. The Morgan fingerprint density at radius 3 is 2.38 bits per heavy atom. The van der Waals surface area contributed by atoms with Crippen LogP contribution in [0.1, 0.15) is 31.1 Å². The lowest BCUT2D eigenvalue weighted by atomic mass is 10.2. The summed E-state index contributed by atoms with van der Waals surface area (Å²) in [5, 5.41) is 0. The number of rotatable bonds is 7. The van der Waals surface area contributed by atoms with Gasteiger partial charge in [-0.15, -0.1) is 0 Å². The van der Waals surface area contributed by atoms with E-state index in [0.717, 1.165) is 4.31 Å². The van der Waals surface area contributed by atoms with Crippen LogP contribution in [0.3, 0.4) is 0 Å². The number of amides is 1. The van der Waals surface area contributed by atoms with E-state index in [-0.39, 0.29) is 29.7 Å². The van der Waals surface area contributed by atoms with Gasteiger partial charge in [0.2, 0.25) is 15.9 Å². The minimum Gasteiger partial charge on any atom is -0.369 e. The average Bonchev–Trinajstić information content (AvgIpc) is 2.37. The van der Waals surface area contributed by atoms with Gasteiger partial charge in [-0.1, -0.05) is 26.0 Å². The van der Waals surface area contributed by atoms with Crippen LogP contribution in [0.4, 0.5) is 0 Å². The quantitative estimate of drug-likeness (QED) is 0.760. The van der Waals surface area contributed by atoms with Crippen molar-refractivity contribution in [3.63, 3.8) is 0 Å². The first-order chi connectivity index (χ1) is 9.64. The fraction of sp³-hybridized carbons (Fsp3) is 0.429. The molecule has 116 valence electrons. The molecule has 7 heteroatoms. The van der Waals surface area contributed by atoms with E-state index in [1.165, 1.54) is 25.1 Å². The molecule has 1 aromatic carbocycles. The number of primary amides is 1. The van der Waals surface area contributed by atoms with Crippen molar-refractivity contribution in [1.82, 2.24) is 4.31 Å². The number of sulfonamides is 1. The number of hydrogen-bond donors (Lipinski definition) is 1. The van der Waals surface area contributed by atoms with Crippen LogP contribution in [0.2, 0.25) is 0 Å². The van der Waals surface area contributed by atoms with Gasteiger partial charge in [0.15, 0.2) is 5.78 Å². The third-order valence-corrected chi connectivity index (χ3v) is 4.59. The molecular formula is C14H20N2O4S. The number of nitrogens with two attached hydrogens (primary N) is 1. The molecule has 0 radical (unpaired) electrons. The van der Waals surface area contributed by atoms with Gasteiger partial charge in [-0.2, -0.15) is 4.31 Å². The zero-order valence-corrected chi connectivity index (χ0v) is 13.2. The molecule has 0 aliphatic heterocycles. The normalized spacial score (nSPS) is 11.9. The molecule has 0 unspecified atom stereocenters. The fourth-order valence-electron chi connectivity index (χ4n) is 1.85. The summed E-state index contributed by atoms with van der Waals surface area (Å²) in [5.41, 5.74) is 5.43. The molecule has 0 aliphatic rings. The lowest BCUT2D eigenvalue weighted by molar-refractivity contribution is -0.118. The average molecular weight is 312 g/mol. The summed E-state index contributed by atoms with van der Waals surface area (Å²) < 4.78 is 26.2. The molecule has 0 atom stereocenters. The van der Waals surface area contributed by atoms with Crippen LogP contribution in [-0.2, 0) is 14.8 Å². The van der Waals surface area contributed by atoms with E-state index in [2.05, 4.69) is 0 Å². The van der Waals surface area contributed by atoms with Crippen LogP contribution < -0.4 is 5.73 Å². The fourth-order valence-corrected chi connectivity index (χ4v) is 3.47. The molecule has 1 rings (SSSR count). The maximum absolute atomic E-state index is 12.6. The van der Waals surface area contributed by atoms with Gasteiger partial charge < -0.3 is 5.73 Å².